The Bertz CT molecular complexity index is 6230. The zero-order valence-corrected chi connectivity index (χ0v) is 44.5. The van der Waals surface area contributed by atoms with Crippen molar-refractivity contribution in [3.05, 3.63) is 249 Å². The third-order valence-electron chi connectivity index (χ3n) is 19.4. The first-order valence-corrected chi connectivity index (χ1v) is 28.8. The molecule has 15 aromatic carbocycles. The summed E-state index contributed by atoms with van der Waals surface area (Å²) in [4.78, 5) is 0. The monoisotopic (exact) mass is 1050 g/mol. The van der Waals surface area contributed by atoms with Crippen LogP contribution >= 0.6 is 0 Å². The highest BCUT2D eigenvalue weighted by atomic mass is 16.3. The molecule has 0 atom stereocenters. The van der Waals surface area contributed by atoms with Crippen molar-refractivity contribution in [2.75, 3.05) is 0 Å². The lowest BCUT2D eigenvalue weighted by atomic mass is 9.34. The molecule has 0 bridgehead atoms. The second kappa shape index (κ2) is 15.1. The lowest BCUT2D eigenvalue weighted by molar-refractivity contribution is 0.668. The molecule has 4 nitrogen and oxygen atoms in total. The summed E-state index contributed by atoms with van der Waals surface area (Å²) in [7, 11) is 0. The van der Waals surface area contributed by atoms with E-state index in [0.29, 0.717) is 0 Å². The fourth-order valence-corrected chi connectivity index (χ4v) is 16.1. The fourth-order valence-electron chi connectivity index (χ4n) is 16.1. The Balaban J connectivity index is 0.941. The van der Waals surface area contributed by atoms with Gasteiger partial charge < -0.3 is 18.0 Å². The predicted octanol–water partition coefficient (Wildman–Crippen LogP) is 19.1. The molecule has 0 unspecified atom stereocenters. The number of para-hydroxylation sites is 2. The van der Waals surface area contributed by atoms with Crippen LogP contribution in [0.3, 0.4) is 0 Å². The summed E-state index contributed by atoms with van der Waals surface area (Å²) >= 11 is 0. The van der Waals surface area contributed by atoms with Crippen LogP contribution < -0.4 is 16.4 Å². The number of hydrogen-bond donors (Lipinski definition) is 0. The molecule has 2 aliphatic heterocycles. The SMILES string of the molecule is c1cc2c3c(c1)-n1c4c(cc5c6ccccc6c6ccccc6c5c4c4ccc5c6ccccc6c6ccccc6c5c41)B3c1cc(-c3ccc4c(c3)oc3ccccc34)cc3c4cc(-c5ccc6c(c5)oc5ccccc56)ccc4n-2c13. The van der Waals surface area contributed by atoms with Gasteiger partial charge in [0.15, 0.2) is 0 Å². The number of rotatable bonds is 2. The average molecular weight is 1050 g/mol. The summed E-state index contributed by atoms with van der Waals surface area (Å²) in [6.45, 7) is -0.122. The molecule has 0 spiro atoms. The van der Waals surface area contributed by atoms with Crippen molar-refractivity contribution in [2.24, 2.45) is 0 Å². The van der Waals surface area contributed by atoms with Gasteiger partial charge in [-0.15, -0.1) is 0 Å². The van der Waals surface area contributed by atoms with E-state index in [0.717, 1.165) is 66.1 Å². The van der Waals surface area contributed by atoms with E-state index in [-0.39, 0.29) is 6.71 Å². The smallest absolute Gasteiger partial charge is 0.252 e. The fraction of sp³-hybridized carbons (Fsp3) is 0. The van der Waals surface area contributed by atoms with E-state index in [1.807, 2.05) is 6.07 Å². The predicted molar refractivity (Wildman–Crippen MR) is 350 cm³/mol. The Labute approximate surface area is 472 Å². The van der Waals surface area contributed by atoms with Gasteiger partial charge in [-0.05, 0) is 159 Å². The van der Waals surface area contributed by atoms with Crippen LogP contribution in [-0.2, 0) is 0 Å². The number of nitrogens with zero attached hydrogens (tertiary/aromatic N) is 2. The molecule has 2 aliphatic rings. The molecule has 0 aliphatic carbocycles. The van der Waals surface area contributed by atoms with Crippen molar-refractivity contribution in [2.45, 2.75) is 0 Å². The van der Waals surface area contributed by atoms with Gasteiger partial charge in [-0.3, -0.25) is 0 Å². The lowest BCUT2D eigenvalue weighted by Gasteiger charge is -2.34. The number of aromatic nitrogens is 2. The number of fused-ring (bicyclic) bond motifs is 30. The molecular formula is C78H41BN2O2. The Hall–Kier alpha value is -10.9. The maximum Gasteiger partial charge on any atom is 0.252 e. The van der Waals surface area contributed by atoms with Gasteiger partial charge >= 0.3 is 0 Å². The molecule has 6 heterocycles. The van der Waals surface area contributed by atoms with Gasteiger partial charge in [0.25, 0.3) is 6.71 Å². The van der Waals surface area contributed by atoms with Gasteiger partial charge in [0.1, 0.15) is 22.3 Å². The highest BCUT2D eigenvalue weighted by Gasteiger charge is 2.42. The van der Waals surface area contributed by atoms with Crippen molar-refractivity contribution in [1.82, 2.24) is 9.13 Å². The van der Waals surface area contributed by atoms with Crippen LogP contribution in [0, 0.1) is 0 Å². The first-order valence-electron chi connectivity index (χ1n) is 28.8. The van der Waals surface area contributed by atoms with Crippen molar-refractivity contribution in [1.29, 1.82) is 0 Å². The standard InChI is InChI=1S/C78H41BN2O2/c1-3-18-50-46(14-1)49-17-6-8-23-57(49)73-58(50)33-34-59-74-72-56-22-7-5-16-48(56)47-15-2-4-19-51(47)61(72)41-64-78(74)81(77(59)73)67-25-13-24-66-75(67)79(64)63-38-45(44-29-32-55-53-21-10-12-27-69(53)83-71(55)40-44)37-62-60-36-42(30-35-65(60)80(66)76(62)63)43-28-31-54-52-20-9-11-26-68(52)82-70(54)39-43/h1-41H. The van der Waals surface area contributed by atoms with Crippen molar-refractivity contribution < 1.29 is 8.83 Å². The molecule has 83 heavy (non-hydrogen) atoms. The van der Waals surface area contributed by atoms with E-state index >= 15 is 0 Å². The molecule has 19 aromatic rings. The van der Waals surface area contributed by atoms with E-state index in [4.69, 9.17) is 8.83 Å². The molecular weight excluding hydrogens is 1010 g/mol. The van der Waals surface area contributed by atoms with Crippen molar-refractivity contribution >= 4 is 175 Å². The second-order valence-corrected chi connectivity index (χ2v) is 23.3. The largest absolute Gasteiger partial charge is 0.456 e. The summed E-state index contributed by atoms with van der Waals surface area (Å²) in [5.74, 6) is 0. The molecule has 0 amide bonds. The van der Waals surface area contributed by atoms with E-state index in [2.05, 4.69) is 252 Å². The number of furan rings is 2. The molecule has 0 radical (unpaired) electrons. The third kappa shape index (κ3) is 5.30. The Morgan fingerprint density at radius 3 is 1.33 bits per heavy atom. The zero-order valence-electron chi connectivity index (χ0n) is 44.5. The number of hydrogen-bond acceptors (Lipinski definition) is 2. The molecule has 4 aromatic heterocycles. The van der Waals surface area contributed by atoms with E-state index < -0.39 is 0 Å². The van der Waals surface area contributed by atoms with Crippen molar-refractivity contribution in [3.63, 3.8) is 0 Å². The van der Waals surface area contributed by atoms with Crippen LogP contribution in [0.2, 0.25) is 0 Å². The van der Waals surface area contributed by atoms with Gasteiger partial charge in [0, 0.05) is 70.8 Å². The maximum absolute atomic E-state index is 6.65. The topological polar surface area (TPSA) is 36.1 Å². The highest BCUT2D eigenvalue weighted by Crippen LogP contribution is 2.50. The quantitative estimate of drug-likeness (QED) is 0.128. The molecule has 0 fully saturated rings. The molecule has 0 saturated heterocycles. The van der Waals surface area contributed by atoms with Crippen LogP contribution in [0.4, 0.5) is 0 Å². The van der Waals surface area contributed by atoms with Crippen LogP contribution in [0.15, 0.2) is 258 Å². The van der Waals surface area contributed by atoms with E-state index in [1.54, 1.807) is 0 Å². The lowest BCUT2D eigenvalue weighted by Crippen LogP contribution is -2.59. The van der Waals surface area contributed by atoms with Gasteiger partial charge in [0.05, 0.1) is 16.6 Å². The van der Waals surface area contributed by atoms with Crippen LogP contribution in [-0.4, -0.2) is 15.8 Å². The van der Waals surface area contributed by atoms with Gasteiger partial charge in [-0.1, -0.05) is 182 Å². The third-order valence-corrected chi connectivity index (χ3v) is 19.4. The van der Waals surface area contributed by atoms with E-state index in [9.17, 15) is 0 Å². The molecule has 21 rings (SSSR count). The molecule has 0 saturated carbocycles. The average Bonchev–Trinajstić information content (AvgIpc) is 2.37. The summed E-state index contributed by atoms with van der Waals surface area (Å²) in [5.41, 5.74) is 19.5. The minimum atomic E-state index is -0.122. The van der Waals surface area contributed by atoms with Crippen molar-refractivity contribution in [3.8, 4) is 33.6 Å². The normalized spacial score (nSPS) is 13.0. The van der Waals surface area contributed by atoms with Gasteiger partial charge in [0.2, 0.25) is 0 Å². The van der Waals surface area contributed by atoms with Crippen LogP contribution in [0.25, 0.3) is 186 Å². The molecule has 0 N–H and O–H groups in total. The summed E-state index contributed by atoms with van der Waals surface area (Å²) in [6.07, 6.45) is 0. The summed E-state index contributed by atoms with van der Waals surface area (Å²) < 4.78 is 18.5. The molecule has 378 valence electrons. The van der Waals surface area contributed by atoms with Gasteiger partial charge in [-0.25, -0.2) is 0 Å². The Morgan fingerprint density at radius 1 is 0.241 bits per heavy atom. The first-order chi connectivity index (χ1) is 41.2. The Morgan fingerprint density at radius 2 is 0.687 bits per heavy atom. The second-order valence-electron chi connectivity index (χ2n) is 23.3. The van der Waals surface area contributed by atoms with E-state index in [1.165, 1.54) is 136 Å². The minimum absolute atomic E-state index is 0.122. The Kier molecular flexibility index (Phi) is 7.83. The summed E-state index contributed by atoms with van der Waals surface area (Å²) in [5, 5.41) is 24.9. The number of benzene rings is 15. The zero-order chi connectivity index (χ0) is 53.5. The highest BCUT2D eigenvalue weighted by molar-refractivity contribution is 7.00. The maximum atomic E-state index is 6.65. The molecule has 5 heteroatoms. The first kappa shape index (κ1) is 43.0. The summed E-state index contributed by atoms with van der Waals surface area (Å²) in [6, 6.07) is 93.3. The van der Waals surface area contributed by atoms with Gasteiger partial charge in [-0.2, -0.15) is 0 Å². The minimum Gasteiger partial charge on any atom is -0.456 e. The van der Waals surface area contributed by atoms with Crippen LogP contribution in [0.5, 0.6) is 0 Å². The van der Waals surface area contributed by atoms with Crippen LogP contribution in [0.1, 0.15) is 0 Å².